The summed E-state index contributed by atoms with van der Waals surface area (Å²) in [6.45, 7) is 0. The first-order valence-electron chi connectivity index (χ1n) is 5.36. The number of nitrogens with zero attached hydrogens (tertiary/aromatic N) is 1. The molecule has 0 aliphatic heterocycles. The van der Waals surface area contributed by atoms with Crippen molar-refractivity contribution in [3.63, 3.8) is 0 Å². The molecule has 0 atom stereocenters. The van der Waals surface area contributed by atoms with E-state index in [4.69, 9.17) is 16.9 Å². The van der Waals surface area contributed by atoms with E-state index in [1.807, 2.05) is 12.1 Å². The molecule has 0 unspecified atom stereocenters. The maximum Gasteiger partial charge on any atom is 0.115 e. The zero-order valence-corrected chi connectivity index (χ0v) is 10.2. The van der Waals surface area contributed by atoms with Crippen LogP contribution in [0.3, 0.4) is 0 Å². The third kappa shape index (κ3) is 2.91. The van der Waals surface area contributed by atoms with Crippen LogP contribution in [-0.4, -0.2) is 5.11 Å². The minimum absolute atomic E-state index is 0.183. The molecule has 0 amide bonds. The lowest BCUT2D eigenvalue weighted by Crippen LogP contribution is -1.81. The first kappa shape index (κ1) is 12.2. The minimum atomic E-state index is 0.183. The van der Waals surface area contributed by atoms with Gasteiger partial charge < -0.3 is 5.11 Å². The van der Waals surface area contributed by atoms with E-state index in [1.54, 1.807) is 42.5 Å². The molecule has 0 aliphatic carbocycles. The molecular formula is C15H10ClNO. The van der Waals surface area contributed by atoms with Crippen molar-refractivity contribution < 1.29 is 5.11 Å². The molecular weight excluding hydrogens is 246 g/mol. The standard InChI is InChI=1S/C15H10ClNO/c16-14-5-1-11(2-6-14)9-13(10-17)12-3-7-15(18)8-4-12/h1-9,18H/b13-9-. The molecule has 0 radical (unpaired) electrons. The number of aromatic hydroxyl groups is 1. The van der Waals surface area contributed by atoms with Gasteiger partial charge in [-0.3, -0.25) is 0 Å². The van der Waals surface area contributed by atoms with Gasteiger partial charge in [-0.05, 0) is 53.6 Å². The first-order chi connectivity index (χ1) is 8.69. The third-order valence-corrected chi connectivity index (χ3v) is 2.73. The maximum atomic E-state index is 9.21. The Morgan fingerprint density at radius 2 is 1.67 bits per heavy atom. The van der Waals surface area contributed by atoms with Gasteiger partial charge in [-0.2, -0.15) is 5.26 Å². The zero-order chi connectivity index (χ0) is 13.0. The van der Waals surface area contributed by atoms with E-state index >= 15 is 0 Å². The summed E-state index contributed by atoms with van der Waals surface area (Å²) in [5, 5.41) is 19.0. The summed E-state index contributed by atoms with van der Waals surface area (Å²) in [5.41, 5.74) is 2.21. The van der Waals surface area contributed by atoms with Gasteiger partial charge in [0.05, 0.1) is 11.6 Å². The van der Waals surface area contributed by atoms with E-state index in [1.165, 1.54) is 0 Å². The quantitative estimate of drug-likeness (QED) is 0.648. The lowest BCUT2D eigenvalue weighted by atomic mass is 10.0. The van der Waals surface area contributed by atoms with Crippen molar-refractivity contribution in [2.75, 3.05) is 0 Å². The number of halogens is 1. The fourth-order valence-corrected chi connectivity index (χ4v) is 1.67. The van der Waals surface area contributed by atoms with E-state index in [2.05, 4.69) is 6.07 Å². The summed E-state index contributed by atoms with van der Waals surface area (Å²) in [6, 6.07) is 15.9. The Bertz CT molecular complexity index is 606. The minimum Gasteiger partial charge on any atom is -0.508 e. The summed E-state index contributed by atoms with van der Waals surface area (Å²) in [4.78, 5) is 0. The van der Waals surface area contributed by atoms with E-state index < -0.39 is 0 Å². The van der Waals surface area contributed by atoms with Crippen LogP contribution in [0.25, 0.3) is 11.6 Å². The molecule has 18 heavy (non-hydrogen) atoms. The number of phenols is 1. The molecule has 0 aliphatic rings. The fraction of sp³-hybridized carbons (Fsp3) is 0. The predicted octanol–water partition coefficient (Wildman–Crippen LogP) is 4.11. The van der Waals surface area contributed by atoms with Gasteiger partial charge in [0.1, 0.15) is 5.75 Å². The van der Waals surface area contributed by atoms with Crippen LogP contribution in [0.5, 0.6) is 5.75 Å². The lowest BCUT2D eigenvalue weighted by Gasteiger charge is -2.00. The highest BCUT2D eigenvalue weighted by Crippen LogP contribution is 2.20. The molecule has 1 N–H and O–H groups in total. The van der Waals surface area contributed by atoms with Crippen molar-refractivity contribution in [3.8, 4) is 11.8 Å². The fourth-order valence-electron chi connectivity index (χ4n) is 1.55. The van der Waals surface area contributed by atoms with Crippen LogP contribution < -0.4 is 0 Å². The van der Waals surface area contributed by atoms with Crippen LogP contribution in [0, 0.1) is 11.3 Å². The van der Waals surface area contributed by atoms with Crippen molar-refractivity contribution in [2.24, 2.45) is 0 Å². The molecule has 2 nitrogen and oxygen atoms in total. The molecule has 0 aromatic heterocycles. The lowest BCUT2D eigenvalue weighted by molar-refractivity contribution is 0.475. The van der Waals surface area contributed by atoms with Gasteiger partial charge in [0.15, 0.2) is 0 Å². The molecule has 3 heteroatoms. The van der Waals surface area contributed by atoms with Crippen LogP contribution in [-0.2, 0) is 0 Å². The molecule has 0 fully saturated rings. The Morgan fingerprint density at radius 1 is 1.06 bits per heavy atom. The Morgan fingerprint density at radius 3 is 2.22 bits per heavy atom. The number of phenolic OH excluding ortho intramolecular Hbond substituents is 1. The molecule has 0 bridgehead atoms. The highest BCUT2D eigenvalue weighted by molar-refractivity contribution is 6.30. The Labute approximate surface area is 110 Å². The molecule has 0 saturated carbocycles. The highest BCUT2D eigenvalue weighted by atomic mass is 35.5. The number of hydrogen-bond acceptors (Lipinski definition) is 2. The van der Waals surface area contributed by atoms with Crippen molar-refractivity contribution in [1.82, 2.24) is 0 Å². The second-order valence-corrected chi connectivity index (χ2v) is 4.20. The van der Waals surface area contributed by atoms with Crippen molar-refractivity contribution in [2.45, 2.75) is 0 Å². The smallest absolute Gasteiger partial charge is 0.115 e. The second kappa shape index (κ2) is 5.39. The monoisotopic (exact) mass is 255 g/mol. The van der Waals surface area contributed by atoms with Gasteiger partial charge in [0, 0.05) is 5.02 Å². The van der Waals surface area contributed by atoms with Crippen LogP contribution >= 0.6 is 11.6 Å². The molecule has 2 aromatic carbocycles. The highest BCUT2D eigenvalue weighted by Gasteiger charge is 2.01. The van der Waals surface area contributed by atoms with Crippen molar-refractivity contribution in [3.05, 3.63) is 64.7 Å². The summed E-state index contributed by atoms with van der Waals surface area (Å²) in [5.74, 6) is 0.183. The van der Waals surface area contributed by atoms with Gasteiger partial charge in [-0.15, -0.1) is 0 Å². The second-order valence-electron chi connectivity index (χ2n) is 3.77. The van der Waals surface area contributed by atoms with E-state index in [9.17, 15) is 5.11 Å². The van der Waals surface area contributed by atoms with Crippen LogP contribution in [0.2, 0.25) is 5.02 Å². The third-order valence-electron chi connectivity index (χ3n) is 2.48. The van der Waals surface area contributed by atoms with Gasteiger partial charge in [0.2, 0.25) is 0 Å². The normalized spacial score (nSPS) is 11.0. The van der Waals surface area contributed by atoms with E-state index in [-0.39, 0.29) is 5.75 Å². The maximum absolute atomic E-state index is 9.21. The molecule has 2 rings (SSSR count). The zero-order valence-electron chi connectivity index (χ0n) is 9.47. The molecule has 0 saturated heterocycles. The van der Waals surface area contributed by atoms with Crippen LogP contribution in [0.15, 0.2) is 48.5 Å². The average molecular weight is 256 g/mol. The Balaban J connectivity index is 2.37. The number of rotatable bonds is 2. The van der Waals surface area contributed by atoms with Crippen LogP contribution in [0.1, 0.15) is 11.1 Å². The predicted molar refractivity (Wildman–Crippen MR) is 73.0 cm³/mol. The molecule has 88 valence electrons. The molecule has 2 aromatic rings. The number of hydrogen-bond donors (Lipinski definition) is 1. The SMILES string of the molecule is N#C/C(=C/c1ccc(Cl)cc1)c1ccc(O)cc1. The van der Waals surface area contributed by atoms with Gasteiger partial charge in [-0.1, -0.05) is 23.7 Å². The number of nitriles is 1. The number of allylic oxidation sites excluding steroid dienone is 1. The van der Waals surface area contributed by atoms with Crippen molar-refractivity contribution in [1.29, 1.82) is 5.26 Å². The summed E-state index contributed by atoms with van der Waals surface area (Å²) in [6.07, 6.45) is 1.78. The topological polar surface area (TPSA) is 44.0 Å². The average Bonchev–Trinajstić information content (AvgIpc) is 2.39. The summed E-state index contributed by atoms with van der Waals surface area (Å²) in [7, 11) is 0. The van der Waals surface area contributed by atoms with Gasteiger partial charge in [0.25, 0.3) is 0 Å². The van der Waals surface area contributed by atoms with E-state index in [0.29, 0.717) is 10.6 Å². The van der Waals surface area contributed by atoms with Gasteiger partial charge in [-0.25, -0.2) is 0 Å². The molecule has 0 spiro atoms. The van der Waals surface area contributed by atoms with E-state index in [0.717, 1.165) is 11.1 Å². The van der Waals surface area contributed by atoms with Gasteiger partial charge >= 0.3 is 0 Å². The largest absolute Gasteiger partial charge is 0.508 e. The van der Waals surface area contributed by atoms with Crippen molar-refractivity contribution >= 4 is 23.3 Å². The Kier molecular flexibility index (Phi) is 3.66. The summed E-state index contributed by atoms with van der Waals surface area (Å²) >= 11 is 5.80. The Hall–Kier alpha value is -2.24. The van der Waals surface area contributed by atoms with Crippen LogP contribution in [0.4, 0.5) is 0 Å². The summed E-state index contributed by atoms with van der Waals surface area (Å²) < 4.78 is 0. The molecule has 0 heterocycles. The number of benzene rings is 2. The first-order valence-corrected chi connectivity index (χ1v) is 5.73.